The van der Waals surface area contributed by atoms with Gasteiger partial charge in [0.05, 0.1) is 20.3 Å². The standard InChI is InChI=1S/C27H28FN3O4/c1-17(26(32)30-21-7-5-4-6-8-21)29-27(33)31-14-13-19-15-23(34-2)24(35-3)16-22(19)25(31)18-9-11-20(28)12-10-18/h4-12,15-17,25H,13-14H2,1-3H3,(H,29,33)(H,30,32)/t17-,25-/m1/s1. The average molecular weight is 478 g/mol. The molecule has 3 amide bonds. The van der Waals surface area contributed by atoms with E-state index in [1.165, 1.54) is 12.1 Å². The number of nitrogens with zero attached hydrogens (tertiary/aromatic N) is 1. The van der Waals surface area contributed by atoms with Gasteiger partial charge in [0.25, 0.3) is 0 Å². The minimum atomic E-state index is -0.775. The van der Waals surface area contributed by atoms with Crippen molar-refractivity contribution in [3.63, 3.8) is 0 Å². The summed E-state index contributed by atoms with van der Waals surface area (Å²) in [5, 5.41) is 5.61. The third kappa shape index (κ3) is 5.21. The summed E-state index contributed by atoms with van der Waals surface area (Å²) in [5.74, 6) is 0.454. The molecule has 0 saturated heterocycles. The van der Waals surface area contributed by atoms with Gasteiger partial charge in [-0.2, -0.15) is 0 Å². The predicted molar refractivity (Wildman–Crippen MR) is 131 cm³/mol. The first-order valence-corrected chi connectivity index (χ1v) is 11.3. The summed E-state index contributed by atoms with van der Waals surface area (Å²) >= 11 is 0. The van der Waals surface area contributed by atoms with Gasteiger partial charge in [-0.05, 0) is 66.4 Å². The van der Waals surface area contributed by atoms with Crippen molar-refractivity contribution in [2.45, 2.75) is 25.4 Å². The fourth-order valence-corrected chi connectivity index (χ4v) is 4.27. The Kier molecular flexibility index (Phi) is 7.19. The highest BCUT2D eigenvalue weighted by Gasteiger charge is 2.34. The molecule has 3 aromatic carbocycles. The van der Waals surface area contributed by atoms with Crippen molar-refractivity contribution in [2.24, 2.45) is 0 Å². The van der Waals surface area contributed by atoms with E-state index in [1.807, 2.05) is 30.3 Å². The average Bonchev–Trinajstić information content (AvgIpc) is 2.88. The third-order valence-electron chi connectivity index (χ3n) is 6.09. The Morgan fingerprint density at radius 1 is 1.00 bits per heavy atom. The molecule has 0 spiro atoms. The smallest absolute Gasteiger partial charge is 0.318 e. The number of anilines is 1. The third-order valence-corrected chi connectivity index (χ3v) is 6.09. The minimum absolute atomic E-state index is 0.327. The second kappa shape index (κ2) is 10.5. The molecular weight excluding hydrogens is 449 g/mol. The lowest BCUT2D eigenvalue weighted by atomic mass is 9.88. The number of para-hydroxylation sites is 1. The number of methoxy groups -OCH3 is 2. The van der Waals surface area contributed by atoms with Crippen molar-refractivity contribution >= 4 is 17.6 Å². The Hall–Kier alpha value is -4.07. The maximum atomic E-state index is 13.7. The lowest BCUT2D eigenvalue weighted by Gasteiger charge is -2.38. The molecule has 7 nitrogen and oxygen atoms in total. The van der Waals surface area contributed by atoms with Crippen LogP contribution in [0, 0.1) is 5.82 Å². The van der Waals surface area contributed by atoms with E-state index >= 15 is 0 Å². The maximum absolute atomic E-state index is 13.7. The lowest BCUT2D eigenvalue weighted by molar-refractivity contribution is -0.117. The van der Waals surface area contributed by atoms with Crippen LogP contribution in [0.15, 0.2) is 66.7 Å². The van der Waals surface area contributed by atoms with Gasteiger partial charge in [-0.3, -0.25) is 4.79 Å². The minimum Gasteiger partial charge on any atom is -0.493 e. The highest BCUT2D eigenvalue weighted by molar-refractivity contribution is 5.96. The normalized spacial score (nSPS) is 15.5. The van der Waals surface area contributed by atoms with Gasteiger partial charge in [-0.15, -0.1) is 0 Å². The van der Waals surface area contributed by atoms with Crippen LogP contribution in [0.4, 0.5) is 14.9 Å². The summed E-state index contributed by atoms with van der Waals surface area (Å²) in [6.07, 6.45) is 0.589. The summed E-state index contributed by atoms with van der Waals surface area (Å²) in [6, 6.07) is 17.2. The molecule has 0 aliphatic carbocycles. The molecule has 0 aromatic heterocycles. The summed E-state index contributed by atoms with van der Waals surface area (Å²) in [6.45, 7) is 2.04. The first kappa shape index (κ1) is 24.1. The van der Waals surface area contributed by atoms with E-state index in [4.69, 9.17) is 9.47 Å². The Labute approximate surface area is 203 Å². The number of carbonyl (C=O) groups is 2. The number of carbonyl (C=O) groups excluding carboxylic acids is 2. The van der Waals surface area contributed by atoms with E-state index < -0.39 is 18.1 Å². The molecule has 0 bridgehead atoms. The second-order valence-electron chi connectivity index (χ2n) is 8.33. The molecule has 8 heteroatoms. The van der Waals surface area contributed by atoms with Crippen LogP contribution < -0.4 is 20.1 Å². The maximum Gasteiger partial charge on any atom is 0.318 e. The Morgan fingerprint density at radius 3 is 2.31 bits per heavy atom. The SMILES string of the molecule is COc1cc2c(cc1OC)[C@@H](c1ccc(F)cc1)N(C(=O)N[C@H](C)C(=O)Nc1ccccc1)CC2. The topological polar surface area (TPSA) is 79.9 Å². The number of hydrogen-bond donors (Lipinski definition) is 2. The number of benzene rings is 3. The lowest BCUT2D eigenvalue weighted by Crippen LogP contribution is -2.51. The zero-order chi connectivity index (χ0) is 24.9. The molecule has 3 aromatic rings. The highest BCUT2D eigenvalue weighted by atomic mass is 19.1. The van der Waals surface area contributed by atoms with Crippen LogP contribution in [0.3, 0.4) is 0 Å². The predicted octanol–water partition coefficient (Wildman–Crippen LogP) is 4.53. The van der Waals surface area contributed by atoms with E-state index in [9.17, 15) is 14.0 Å². The van der Waals surface area contributed by atoms with Gasteiger partial charge in [0, 0.05) is 12.2 Å². The molecule has 35 heavy (non-hydrogen) atoms. The van der Waals surface area contributed by atoms with E-state index in [1.54, 1.807) is 50.3 Å². The fraction of sp³-hybridized carbons (Fsp3) is 0.259. The zero-order valence-electron chi connectivity index (χ0n) is 19.9. The van der Waals surface area contributed by atoms with Crippen molar-refractivity contribution in [1.29, 1.82) is 0 Å². The number of urea groups is 1. The van der Waals surface area contributed by atoms with Crippen molar-refractivity contribution in [2.75, 3.05) is 26.1 Å². The zero-order valence-corrected chi connectivity index (χ0v) is 19.9. The van der Waals surface area contributed by atoms with Crippen LogP contribution in [0.2, 0.25) is 0 Å². The van der Waals surface area contributed by atoms with E-state index in [-0.39, 0.29) is 11.7 Å². The Bertz CT molecular complexity index is 1200. The molecule has 0 unspecified atom stereocenters. The van der Waals surface area contributed by atoms with Crippen molar-refractivity contribution in [3.05, 3.63) is 89.2 Å². The molecule has 1 aliphatic rings. The number of hydrogen-bond acceptors (Lipinski definition) is 4. The van der Waals surface area contributed by atoms with Gasteiger partial charge in [0.2, 0.25) is 5.91 Å². The van der Waals surface area contributed by atoms with Crippen molar-refractivity contribution < 1.29 is 23.5 Å². The first-order chi connectivity index (χ1) is 16.9. The number of rotatable bonds is 6. The molecule has 0 fully saturated rings. The van der Waals surface area contributed by atoms with Crippen molar-refractivity contribution in [3.8, 4) is 11.5 Å². The van der Waals surface area contributed by atoms with Gasteiger partial charge < -0.3 is 25.0 Å². The monoisotopic (exact) mass is 477 g/mol. The molecule has 2 atom stereocenters. The molecule has 2 N–H and O–H groups in total. The van der Waals surface area contributed by atoms with E-state index in [0.29, 0.717) is 30.2 Å². The summed E-state index contributed by atoms with van der Waals surface area (Å²) in [5.41, 5.74) is 3.26. The molecule has 0 saturated carbocycles. The van der Waals surface area contributed by atoms with Gasteiger partial charge in [0.1, 0.15) is 11.9 Å². The van der Waals surface area contributed by atoms with Crippen LogP contribution in [0.25, 0.3) is 0 Å². The molecule has 0 radical (unpaired) electrons. The number of fused-ring (bicyclic) bond motifs is 1. The van der Waals surface area contributed by atoms with Crippen LogP contribution >= 0.6 is 0 Å². The van der Waals surface area contributed by atoms with E-state index in [0.717, 1.165) is 16.7 Å². The van der Waals surface area contributed by atoms with Crippen LogP contribution in [-0.2, 0) is 11.2 Å². The summed E-state index contributed by atoms with van der Waals surface area (Å²) in [7, 11) is 3.13. The number of amides is 3. The van der Waals surface area contributed by atoms with Gasteiger partial charge in [-0.1, -0.05) is 30.3 Å². The summed E-state index contributed by atoms with van der Waals surface area (Å²) in [4.78, 5) is 27.7. The van der Waals surface area contributed by atoms with Crippen LogP contribution in [0.1, 0.15) is 29.7 Å². The van der Waals surface area contributed by atoms with Gasteiger partial charge >= 0.3 is 6.03 Å². The molecular formula is C27H28FN3O4. The number of halogens is 1. The molecule has 182 valence electrons. The van der Waals surface area contributed by atoms with Gasteiger partial charge in [0.15, 0.2) is 11.5 Å². The van der Waals surface area contributed by atoms with Crippen molar-refractivity contribution in [1.82, 2.24) is 10.2 Å². The first-order valence-electron chi connectivity index (χ1n) is 11.3. The largest absolute Gasteiger partial charge is 0.493 e. The van der Waals surface area contributed by atoms with Crippen LogP contribution in [-0.4, -0.2) is 43.6 Å². The Morgan fingerprint density at radius 2 is 1.66 bits per heavy atom. The Balaban J connectivity index is 1.62. The number of ether oxygens (including phenoxy) is 2. The van der Waals surface area contributed by atoms with Gasteiger partial charge in [-0.25, -0.2) is 9.18 Å². The van der Waals surface area contributed by atoms with E-state index in [2.05, 4.69) is 10.6 Å². The van der Waals surface area contributed by atoms with Crippen LogP contribution in [0.5, 0.6) is 11.5 Å². The fourth-order valence-electron chi connectivity index (χ4n) is 4.27. The molecule has 4 rings (SSSR count). The second-order valence-corrected chi connectivity index (χ2v) is 8.33. The molecule has 1 heterocycles. The highest BCUT2D eigenvalue weighted by Crippen LogP contribution is 2.41. The summed E-state index contributed by atoms with van der Waals surface area (Å²) < 4.78 is 24.6. The number of nitrogens with one attached hydrogen (secondary N) is 2. The molecule has 1 aliphatic heterocycles. The quantitative estimate of drug-likeness (QED) is 0.547.